The van der Waals surface area contributed by atoms with E-state index < -0.39 is 0 Å². The minimum Gasteiger partial charge on any atom is -0.399 e. The summed E-state index contributed by atoms with van der Waals surface area (Å²) in [7, 11) is 0. The summed E-state index contributed by atoms with van der Waals surface area (Å²) in [6.07, 6.45) is 0. The van der Waals surface area contributed by atoms with Crippen molar-refractivity contribution in [3.8, 4) is 0 Å². The van der Waals surface area contributed by atoms with Gasteiger partial charge in [-0.25, -0.2) is 0 Å². The van der Waals surface area contributed by atoms with E-state index in [4.69, 9.17) is 5.73 Å². The van der Waals surface area contributed by atoms with Gasteiger partial charge in [0.15, 0.2) is 0 Å². The van der Waals surface area contributed by atoms with E-state index in [0.29, 0.717) is 12.2 Å². The van der Waals surface area contributed by atoms with Crippen LogP contribution >= 0.6 is 11.3 Å². The molecule has 3 N–H and O–H groups in total. The highest BCUT2D eigenvalue weighted by atomic mass is 32.1. The van der Waals surface area contributed by atoms with Crippen LogP contribution in [-0.2, 0) is 11.3 Å². The second-order valence-electron chi connectivity index (χ2n) is 5.01. The van der Waals surface area contributed by atoms with Gasteiger partial charge >= 0.3 is 0 Å². The third-order valence-electron chi connectivity index (χ3n) is 3.31. The van der Waals surface area contributed by atoms with Crippen molar-refractivity contribution in [1.29, 1.82) is 0 Å². The van der Waals surface area contributed by atoms with Crippen molar-refractivity contribution in [2.45, 2.75) is 20.4 Å². The van der Waals surface area contributed by atoms with Crippen molar-refractivity contribution >= 4 is 28.6 Å². The Kier molecular flexibility index (Phi) is 5.36. The summed E-state index contributed by atoms with van der Waals surface area (Å²) >= 11 is 1.71. The zero-order chi connectivity index (χ0) is 15.2. The number of amides is 1. The van der Waals surface area contributed by atoms with E-state index in [9.17, 15) is 4.79 Å². The molecule has 1 aromatic carbocycles. The molecule has 21 heavy (non-hydrogen) atoms. The Morgan fingerprint density at radius 3 is 2.86 bits per heavy atom. The van der Waals surface area contributed by atoms with E-state index in [1.807, 2.05) is 25.1 Å². The molecule has 0 saturated heterocycles. The van der Waals surface area contributed by atoms with Crippen molar-refractivity contribution in [3.63, 3.8) is 0 Å². The number of rotatable bonds is 6. The molecule has 0 aliphatic carbocycles. The van der Waals surface area contributed by atoms with E-state index in [1.165, 1.54) is 4.88 Å². The van der Waals surface area contributed by atoms with Gasteiger partial charge in [-0.2, -0.15) is 0 Å². The van der Waals surface area contributed by atoms with E-state index in [1.54, 1.807) is 17.4 Å². The van der Waals surface area contributed by atoms with Gasteiger partial charge in [0.2, 0.25) is 5.91 Å². The summed E-state index contributed by atoms with van der Waals surface area (Å²) in [5.74, 6) is -0.0119. The van der Waals surface area contributed by atoms with Crippen molar-refractivity contribution in [2.75, 3.05) is 24.1 Å². The number of benzene rings is 1. The van der Waals surface area contributed by atoms with E-state index in [-0.39, 0.29) is 5.91 Å². The molecule has 0 spiro atoms. The third kappa shape index (κ3) is 4.58. The molecule has 2 aromatic rings. The monoisotopic (exact) mass is 303 g/mol. The maximum Gasteiger partial charge on any atom is 0.238 e. The number of hydrogen-bond donors (Lipinski definition) is 2. The highest BCUT2D eigenvalue weighted by Crippen LogP contribution is 2.18. The topological polar surface area (TPSA) is 58.4 Å². The number of thiophene rings is 1. The fraction of sp³-hybridized carbons (Fsp3) is 0.312. The number of nitrogens with zero attached hydrogens (tertiary/aromatic N) is 1. The molecule has 0 atom stereocenters. The molecule has 2 rings (SSSR count). The summed E-state index contributed by atoms with van der Waals surface area (Å²) in [6, 6.07) is 9.66. The zero-order valence-corrected chi connectivity index (χ0v) is 13.2. The van der Waals surface area contributed by atoms with Gasteiger partial charge in [-0.05, 0) is 42.6 Å². The number of nitrogen functional groups attached to an aromatic ring is 1. The fourth-order valence-electron chi connectivity index (χ4n) is 2.07. The zero-order valence-electron chi connectivity index (χ0n) is 12.4. The van der Waals surface area contributed by atoms with Gasteiger partial charge in [0.25, 0.3) is 0 Å². The quantitative estimate of drug-likeness (QED) is 0.806. The highest BCUT2D eigenvalue weighted by Gasteiger charge is 2.11. The van der Waals surface area contributed by atoms with Crippen LogP contribution in [0.3, 0.4) is 0 Å². The first-order valence-electron chi connectivity index (χ1n) is 6.99. The molecule has 112 valence electrons. The number of anilines is 2. The lowest BCUT2D eigenvalue weighted by Crippen LogP contribution is -2.32. The summed E-state index contributed by atoms with van der Waals surface area (Å²) in [5.41, 5.74) is 8.21. The first-order valence-corrected chi connectivity index (χ1v) is 7.87. The summed E-state index contributed by atoms with van der Waals surface area (Å²) < 4.78 is 0. The molecular formula is C16H21N3OS. The van der Waals surface area contributed by atoms with Gasteiger partial charge < -0.3 is 11.1 Å². The lowest BCUT2D eigenvalue weighted by molar-refractivity contribution is -0.117. The number of hydrogen-bond acceptors (Lipinski definition) is 4. The minimum atomic E-state index is -0.0119. The van der Waals surface area contributed by atoms with Crippen LogP contribution in [0.2, 0.25) is 0 Å². The van der Waals surface area contributed by atoms with Gasteiger partial charge in [-0.1, -0.05) is 19.1 Å². The Balaban J connectivity index is 1.95. The molecule has 5 heteroatoms. The Labute approximate surface area is 129 Å². The number of nitrogens with two attached hydrogens (primary N) is 1. The summed E-state index contributed by atoms with van der Waals surface area (Å²) in [5, 5.41) is 4.99. The molecule has 0 aliphatic rings. The minimum absolute atomic E-state index is 0.0119. The smallest absolute Gasteiger partial charge is 0.238 e. The van der Waals surface area contributed by atoms with E-state index in [0.717, 1.165) is 24.3 Å². The average molecular weight is 303 g/mol. The summed E-state index contributed by atoms with van der Waals surface area (Å²) in [4.78, 5) is 15.6. The normalized spacial score (nSPS) is 10.8. The Morgan fingerprint density at radius 2 is 2.19 bits per heavy atom. The molecule has 0 bridgehead atoms. The van der Waals surface area contributed by atoms with E-state index >= 15 is 0 Å². The van der Waals surface area contributed by atoms with Gasteiger partial charge in [0.1, 0.15) is 0 Å². The van der Waals surface area contributed by atoms with Crippen molar-refractivity contribution < 1.29 is 4.79 Å². The second-order valence-corrected chi connectivity index (χ2v) is 6.04. The maximum absolute atomic E-state index is 12.2. The Morgan fingerprint density at radius 1 is 1.38 bits per heavy atom. The second kappa shape index (κ2) is 7.24. The van der Waals surface area contributed by atoms with Crippen LogP contribution in [0.15, 0.2) is 35.7 Å². The SMILES string of the molecule is CCN(CC(=O)Nc1cc(N)ccc1C)Cc1cccs1. The summed E-state index contributed by atoms with van der Waals surface area (Å²) in [6.45, 7) is 6.03. The van der Waals surface area contributed by atoms with Gasteiger partial charge in [0, 0.05) is 22.8 Å². The van der Waals surface area contributed by atoms with E-state index in [2.05, 4.69) is 28.6 Å². The number of carbonyl (C=O) groups excluding carboxylic acids is 1. The molecular weight excluding hydrogens is 282 g/mol. The molecule has 0 radical (unpaired) electrons. The van der Waals surface area contributed by atoms with Crippen molar-refractivity contribution in [1.82, 2.24) is 4.90 Å². The van der Waals surface area contributed by atoms with Crippen molar-refractivity contribution in [3.05, 3.63) is 46.2 Å². The van der Waals surface area contributed by atoms with Crippen molar-refractivity contribution in [2.24, 2.45) is 0 Å². The molecule has 0 fully saturated rings. The number of nitrogens with one attached hydrogen (secondary N) is 1. The fourth-order valence-corrected chi connectivity index (χ4v) is 2.82. The van der Waals surface area contributed by atoms with Crippen LogP contribution in [0.1, 0.15) is 17.4 Å². The first kappa shape index (κ1) is 15.5. The third-order valence-corrected chi connectivity index (χ3v) is 4.17. The Bertz CT molecular complexity index is 596. The highest BCUT2D eigenvalue weighted by molar-refractivity contribution is 7.09. The van der Waals surface area contributed by atoms with Crippen LogP contribution in [0, 0.1) is 6.92 Å². The van der Waals surface area contributed by atoms with Gasteiger partial charge in [-0.3, -0.25) is 9.69 Å². The van der Waals surface area contributed by atoms with Gasteiger partial charge in [0.05, 0.1) is 6.54 Å². The average Bonchev–Trinajstić information content (AvgIpc) is 2.95. The standard InChI is InChI=1S/C16H21N3OS/c1-3-19(10-14-5-4-8-21-14)11-16(20)18-15-9-13(17)7-6-12(15)2/h4-9H,3,10-11,17H2,1-2H3,(H,18,20). The molecule has 1 amide bonds. The predicted octanol–water partition coefficient (Wildman–Crippen LogP) is 3.10. The molecule has 0 aliphatic heterocycles. The lowest BCUT2D eigenvalue weighted by atomic mass is 10.2. The first-order chi connectivity index (χ1) is 10.1. The van der Waals surface area contributed by atoms with Gasteiger partial charge in [-0.15, -0.1) is 11.3 Å². The number of aryl methyl sites for hydroxylation is 1. The van der Waals surface area contributed by atoms with Crippen LogP contribution in [0.25, 0.3) is 0 Å². The maximum atomic E-state index is 12.2. The molecule has 1 heterocycles. The van der Waals surface area contributed by atoms with Crippen LogP contribution in [0.5, 0.6) is 0 Å². The lowest BCUT2D eigenvalue weighted by Gasteiger charge is -2.19. The Hall–Kier alpha value is -1.85. The largest absolute Gasteiger partial charge is 0.399 e. The molecule has 0 unspecified atom stereocenters. The molecule has 1 aromatic heterocycles. The molecule has 4 nitrogen and oxygen atoms in total. The number of carbonyl (C=O) groups is 1. The molecule has 0 saturated carbocycles. The van der Waals surface area contributed by atoms with Crippen LogP contribution < -0.4 is 11.1 Å². The predicted molar refractivity (Wildman–Crippen MR) is 89.5 cm³/mol. The van der Waals surface area contributed by atoms with Crippen LogP contribution in [0.4, 0.5) is 11.4 Å². The number of likely N-dealkylation sites (N-methyl/N-ethyl adjacent to an activating group) is 1. The van der Waals surface area contributed by atoms with Crippen LogP contribution in [-0.4, -0.2) is 23.9 Å².